The average Bonchev–Trinajstić information content (AvgIpc) is 2.83. The predicted molar refractivity (Wildman–Crippen MR) is 84.1 cm³/mol. The molecule has 0 saturated carbocycles. The second kappa shape index (κ2) is 6.46. The number of hydrogen-bond acceptors (Lipinski definition) is 6. The largest absolute Gasteiger partial charge is 0.508 e. The van der Waals surface area contributed by atoms with E-state index in [1.807, 2.05) is 19.3 Å². The number of aromatic hydroxyl groups is 1. The lowest BCUT2D eigenvalue weighted by Crippen LogP contribution is -1.90. The van der Waals surface area contributed by atoms with Crippen LogP contribution in [0.5, 0.6) is 5.75 Å². The van der Waals surface area contributed by atoms with E-state index in [4.69, 9.17) is 5.26 Å². The SMILES string of the molecule is CSc1nsc(C=CNc2ccc(O)cc2C)c1C#N. The van der Waals surface area contributed by atoms with Crippen LogP contribution in [0.2, 0.25) is 0 Å². The summed E-state index contributed by atoms with van der Waals surface area (Å²) in [5.74, 6) is 0.246. The van der Waals surface area contributed by atoms with Crippen molar-refractivity contribution in [3.8, 4) is 11.8 Å². The first kappa shape index (κ1) is 14.4. The fraction of sp³-hybridized carbons (Fsp3) is 0.143. The number of nitrogens with one attached hydrogen (secondary N) is 1. The first-order valence-corrected chi connectivity index (χ1v) is 7.82. The van der Waals surface area contributed by atoms with Gasteiger partial charge in [-0.25, -0.2) is 0 Å². The van der Waals surface area contributed by atoms with Gasteiger partial charge in [-0.15, -0.1) is 11.8 Å². The lowest BCUT2D eigenvalue weighted by Gasteiger charge is -2.05. The van der Waals surface area contributed by atoms with E-state index < -0.39 is 0 Å². The third-order valence-corrected chi connectivity index (χ3v) is 4.28. The molecule has 4 nitrogen and oxygen atoms in total. The van der Waals surface area contributed by atoms with Crippen molar-refractivity contribution < 1.29 is 5.11 Å². The molecule has 0 bridgehead atoms. The Kier molecular flexibility index (Phi) is 4.66. The van der Waals surface area contributed by atoms with Gasteiger partial charge in [-0.05, 0) is 54.6 Å². The molecule has 0 fully saturated rings. The summed E-state index contributed by atoms with van der Waals surface area (Å²) >= 11 is 2.78. The highest BCUT2D eigenvalue weighted by Gasteiger charge is 2.09. The zero-order chi connectivity index (χ0) is 14.5. The van der Waals surface area contributed by atoms with Crippen molar-refractivity contribution in [3.05, 3.63) is 40.4 Å². The van der Waals surface area contributed by atoms with Crippen molar-refractivity contribution in [1.29, 1.82) is 5.26 Å². The maximum absolute atomic E-state index is 9.35. The topological polar surface area (TPSA) is 68.9 Å². The van der Waals surface area contributed by atoms with Gasteiger partial charge >= 0.3 is 0 Å². The fourth-order valence-corrected chi connectivity index (χ4v) is 3.13. The summed E-state index contributed by atoms with van der Waals surface area (Å²) in [6.45, 7) is 1.91. The van der Waals surface area contributed by atoms with Crippen LogP contribution in [0.15, 0.2) is 29.4 Å². The van der Waals surface area contributed by atoms with Gasteiger partial charge in [-0.2, -0.15) is 9.64 Å². The molecule has 0 saturated heterocycles. The number of hydrogen-bond donors (Lipinski definition) is 2. The molecule has 0 spiro atoms. The molecule has 0 atom stereocenters. The molecule has 0 aliphatic carbocycles. The average molecular weight is 303 g/mol. The molecule has 1 aromatic carbocycles. The third-order valence-electron chi connectivity index (χ3n) is 2.68. The molecular formula is C14H13N3OS2. The lowest BCUT2D eigenvalue weighted by atomic mass is 10.2. The number of benzene rings is 1. The molecule has 0 radical (unpaired) electrons. The minimum absolute atomic E-state index is 0.246. The smallest absolute Gasteiger partial charge is 0.128 e. The van der Waals surface area contributed by atoms with E-state index in [9.17, 15) is 5.11 Å². The van der Waals surface area contributed by atoms with E-state index in [1.165, 1.54) is 23.3 Å². The number of nitrogens with zero attached hydrogens (tertiary/aromatic N) is 2. The number of phenols is 1. The van der Waals surface area contributed by atoms with Gasteiger partial charge < -0.3 is 10.4 Å². The highest BCUT2D eigenvalue weighted by Crippen LogP contribution is 2.26. The lowest BCUT2D eigenvalue weighted by molar-refractivity contribution is 0.475. The molecule has 1 aromatic heterocycles. The molecule has 1 heterocycles. The quantitative estimate of drug-likeness (QED) is 0.663. The summed E-state index contributed by atoms with van der Waals surface area (Å²) in [5, 5.41) is 22.4. The molecule has 102 valence electrons. The monoisotopic (exact) mass is 303 g/mol. The molecule has 2 rings (SSSR count). The number of phenolic OH excluding ortho intramolecular Hbond substituents is 1. The Labute approximate surface area is 125 Å². The van der Waals surface area contributed by atoms with E-state index >= 15 is 0 Å². The van der Waals surface area contributed by atoms with Crippen LogP contribution in [0.25, 0.3) is 6.08 Å². The highest BCUT2D eigenvalue weighted by molar-refractivity contribution is 7.98. The van der Waals surface area contributed by atoms with E-state index in [0.29, 0.717) is 5.56 Å². The molecule has 6 heteroatoms. The fourth-order valence-electron chi connectivity index (χ4n) is 1.66. The van der Waals surface area contributed by atoms with Gasteiger partial charge in [-0.1, -0.05) is 0 Å². The van der Waals surface area contributed by atoms with E-state index in [0.717, 1.165) is 21.2 Å². The molecule has 20 heavy (non-hydrogen) atoms. The summed E-state index contributed by atoms with van der Waals surface area (Å²) in [5.41, 5.74) is 2.47. The van der Waals surface area contributed by atoms with E-state index in [1.54, 1.807) is 24.4 Å². The Morgan fingerprint density at radius 3 is 2.95 bits per heavy atom. The summed E-state index contributed by atoms with van der Waals surface area (Å²) < 4.78 is 4.23. The summed E-state index contributed by atoms with van der Waals surface area (Å²) in [6.07, 6.45) is 5.52. The van der Waals surface area contributed by atoms with Crippen molar-refractivity contribution in [1.82, 2.24) is 4.37 Å². The normalized spacial score (nSPS) is 10.7. The number of anilines is 1. The maximum atomic E-state index is 9.35. The van der Waals surface area contributed by atoms with Gasteiger partial charge in [0.1, 0.15) is 22.4 Å². The predicted octanol–water partition coefficient (Wildman–Crippen LogP) is 3.83. The summed E-state index contributed by atoms with van der Waals surface area (Å²) in [4.78, 5) is 0.834. The van der Waals surface area contributed by atoms with Crippen LogP contribution < -0.4 is 5.32 Å². The standard InChI is InChI=1S/C14H13N3OS2/c1-9-7-10(18)3-4-12(9)16-6-5-13-11(8-15)14(19-2)17-20-13/h3-7,16,18H,1-2H3. The second-order valence-corrected chi connectivity index (χ2v) is 5.62. The van der Waals surface area contributed by atoms with Gasteiger partial charge in [0.2, 0.25) is 0 Å². The van der Waals surface area contributed by atoms with Crippen LogP contribution in [0.1, 0.15) is 16.0 Å². The van der Waals surface area contributed by atoms with Crippen LogP contribution in [-0.2, 0) is 0 Å². The van der Waals surface area contributed by atoms with Crippen LogP contribution in [0.4, 0.5) is 5.69 Å². The van der Waals surface area contributed by atoms with Crippen molar-refractivity contribution in [2.75, 3.05) is 11.6 Å². The summed E-state index contributed by atoms with van der Waals surface area (Å²) in [6, 6.07) is 7.30. The number of nitriles is 1. The van der Waals surface area contributed by atoms with Crippen molar-refractivity contribution in [2.24, 2.45) is 0 Å². The third kappa shape index (κ3) is 3.13. The number of rotatable bonds is 4. The van der Waals surface area contributed by atoms with Crippen molar-refractivity contribution in [3.63, 3.8) is 0 Å². The Hall–Kier alpha value is -1.97. The van der Waals surface area contributed by atoms with Crippen molar-refractivity contribution in [2.45, 2.75) is 11.9 Å². The van der Waals surface area contributed by atoms with Crippen LogP contribution in [0, 0.1) is 18.3 Å². The molecule has 0 aliphatic heterocycles. The molecule has 0 unspecified atom stereocenters. The van der Waals surface area contributed by atoms with E-state index in [-0.39, 0.29) is 5.75 Å². The van der Waals surface area contributed by atoms with Crippen molar-refractivity contribution >= 4 is 35.1 Å². The minimum atomic E-state index is 0.246. The van der Waals surface area contributed by atoms with Gasteiger partial charge in [0, 0.05) is 11.9 Å². The van der Waals surface area contributed by atoms with Gasteiger partial charge in [0.25, 0.3) is 0 Å². The molecule has 0 aliphatic rings. The van der Waals surface area contributed by atoms with Crippen LogP contribution >= 0.6 is 23.3 Å². The Morgan fingerprint density at radius 1 is 1.50 bits per heavy atom. The zero-order valence-corrected chi connectivity index (χ0v) is 12.7. The molecule has 0 amide bonds. The Morgan fingerprint density at radius 2 is 2.30 bits per heavy atom. The summed E-state index contributed by atoms with van der Waals surface area (Å²) in [7, 11) is 0. The Balaban J connectivity index is 2.15. The van der Waals surface area contributed by atoms with Crippen LogP contribution in [-0.4, -0.2) is 15.7 Å². The van der Waals surface area contributed by atoms with Gasteiger partial charge in [-0.3, -0.25) is 0 Å². The van der Waals surface area contributed by atoms with Crippen LogP contribution in [0.3, 0.4) is 0 Å². The second-order valence-electron chi connectivity index (χ2n) is 4.02. The molecule has 2 N–H and O–H groups in total. The Bertz CT molecular complexity index is 686. The van der Waals surface area contributed by atoms with Gasteiger partial charge in [0.15, 0.2) is 0 Å². The maximum Gasteiger partial charge on any atom is 0.128 e. The highest BCUT2D eigenvalue weighted by atomic mass is 32.2. The van der Waals surface area contributed by atoms with E-state index in [2.05, 4.69) is 15.8 Å². The first-order chi connectivity index (χ1) is 9.65. The number of thioether (sulfide) groups is 1. The first-order valence-electron chi connectivity index (χ1n) is 5.82. The minimum Gasteiger partial charge on any atom is -0.508 e. The molecular weight excluding hydrogens is 290 g/mol. The zero-order valence-electron chi connectivity index (χ0n) is 11.0. The number of aromatic nitrogens is 1. The molecule has 2 aromatic rings. The number of aryl methyl sites for hydroxylation is 1. The van der Waals surface area contributed by atoms with Gasteiger partial charge in [0.05, 0.1) is 4.88 Å².